The molecule has 39 heavy (non-hydrogen) atoms. The fourth-order valence-corrected chi connectivity index (χ4v) is 6.53. The van der Waals surface area contributed by atoms with Crippen molar-refractivity contribution < 1.29 is 17.9 Å². The molecule has 8 heteroatoms. The molecule has 2 aliphatic rings. The first-order valence-corrected chi connectivity index (χ1v) is 14.5. The van der Waals surface area contributed by atoms with Crippen LogP contribution in [0.1, 0.15) is 40.8 Å². The zero-order valence-corrected chi connectivity index (χ0v) is 23.0. The highest BCUT2D eigenvalue weighted by Gasteiger charge is 2.40. The second-order valence-corrected chi connectivity index (χ2v) is 12.0. The van der Waals surface area contributed by atoms with Crippen molar-refractivity contribution in [1.29, 1.82) is 0 Å². The van der Waals surface area contributed by atoms with E-state index in [-0.39, 0.29) is 4.90 Å². The van der Waals surface area contributed by atoms with Crippen LogP contribution in [0.2, 0.25) is 0 Å². The van der Waals surface area contributed by atoms with Crippen LogP contribution in [-0.4, -0.2) is 37.9 Å². The molecule has 0 atom stereocenters. The zero-order chi connectivity index (χ0) is 27.2. The van der Waals surface area contributed by atoms with Gasteiger partial charge in [0, 0.05) is 23.4 Å². The Bertz CT molecular complexity index is 1590. The summed E-state index contributed by atoms with van der Waals surface area (Å²) >= 11 is 0. The fraction of sp³-hybridized carbons (Fsp3) is 0.258. The lowest BCUT2D eigenvalue weighted by Gasteiger charge is -2.35. The molecule has 3 aromatic carbocycles. The minimum absolute atomic E-state index is 0.213. The number of aromatic nitrogens is 2. The van der Waals surface area contributed by atoms with Crippen molar-refractivity contribution in [3.05, 3.63) is 107 Å². The van der Waals surface area contributed by atoms with Gasteiger partial charge in [-0.3, -0.25) is 0 Å². The molecule has 0 unspecified atom stereocenters. The van der Waals surface area contributed by atoms with E-state index in [1.807, 2.05) is 73.7 Å². The third-order valence-electron chi connectivity index (χ3n) is 7.64. The second kappa shape index (κ2) is 9.61. The van der Waals surface area contributed by atoms with Crippen LogP contribution in [-0.2, 0) is 21.9 Å². The number of ether oxygens (including phenoxy) is 2. The van der Waals surface area contributed by atoms with E-state index in [9.17, 15) is 8.42 Å². The van der Waals surface area contributed by atoms with Crippen LogP contribution in [0, 0.1) is 6.92 Å². The first-order chi connectivity index (χ1) is 18.8. The van der Waals surface area contributed by atoms with Crippen molar-refractivity contribution in [2.45, 2.75) is 42.5 Å². The molecule has 2 aliphatic carbocycles. The molecule has 1 saturated carbocycles. The van der Waals surface area contributed by atoms with Gasteiger partial charge in [0.05, 0.1) is 24.8 Å². The highest BCUT2D eigenvalue weighted by molar-refractivity contribution is 7.89. The maximum absolute atomic E-state index is 14.0. The van der Waals surface area contributed by atoms with Crippen molar-refractivity contribution in [3.63, 3.8) is 0 Å². The number of fused-ring (bicyclic) bond motifs is 1. The van der Waals surface area contributed by atoms with E-state index in [1.54, 1.807) is 26.4 Å². The van der Waals surface area contributed by atoms with E-state index in [4.69, 9.17) is 9.47 Å². The Morgan fingerprint density at radius 1 is 0.872 bits per heavy atom. The number of nitrogens with zero attached hydrogens (tertiary/aromatic N) is 2. The average Bonchev–Trinajstić information content (AvgIpc) is 3.72. The molecule has 0 spiro atoms. The van der Waals surface area contributed by atoms with E-state index in [0.717, 1.165) is 46.6 Å². The fourth-order valence-electron chi connectivity index (χ4n) is 5.21. The van der Waals surface area contributed by atoms with Gasteiger partial charge in [0.2, 0.25) is 0 Å². The predicted molar refractivity (Wildman–Crippen MR) is 152 cm³/mol. The zero-order valence-electron chi connectivity index (χ0n) is 22.2. The van der Waals surface area contributed by atoms with Crippen LogP contribution < -0.4 is 14.8 Å². The number of rotatable bonds is 8. The molecule has 7 nitrogen and oxygen atoms in total. The largest absolute Gasteiger partial charge is 0.497 e. The number of allylic oxidation sites excluding steroid dienone is 1. The summed E-state index contributed by atoms with van der Waals surface area (Å²) in [4.78, 5) is 0.213. The Morgan fingerprint density at radius 3 is 1.95 bits per heavy atom. The molecule has 200 valence electrons. The van der Waals surface area contributed by atoms with Crippen LogP contribution in [0.4, 0.5) is 5.82 Å². The Balaban J connectivity index is 1.54. The number of benzene rings is 3. The quantitative estimate of drug-likeness (QED) is 0.314. The molecule has 0 aliphatic heterocycles. The van der Waals surface area contributed by atoms with E-state index >= 15 is 0 Å². The van der Waals surface area contributed by atoms with Crippen molar-refractivity contribution in [2.24, 2.45) is 0 Å². The van der Waals surface area contributed by atoms with Crippen molar-refractivity contribution in [3.8, 4) is 11.5 Å². The van der Waals surface area contributed by atoms with Gasteiger partial charge in [0.1, 0.15) is 11.5 Å². The van der Waals surface area contributed by atoms with Gasteiger partial charge in [0.15, 0.2) is 5.82 Å². The van der Waals surface area contributed by atoms with Crippen LogP contribution in [0.15, 0.2) is 83.8 Å². The van der Waals surface area contributed by atoms with Gasteiger partial charge in [-0.05, 0) is 67.3 Å². The maximum Gasteiger partial charge on any atom is 0.283 e. The number of hydrogen-bond acceptors (Lipinski definition) is 6. The van der Waals surface area contributed by atoms with E-state index < -0.39 is 15.4 Å². The summed E-state index contributed by atoms with van der Waals surface area (Å²) in [5, 5.41) is 8.13. The van der Waals surface area contributed by atoms with Crippen molar-refractivity contribution >= 4 is 21.9 Å². The maximum atomic E-state index is 14.0. The summed E-state index contributed by atoms with van der Waals surface area (Å²) in [6.07, 6.45) is 6.70. The second-order valence-electron chi connectivity index (χ2n) is 10.2. The smallest absolute Gasteiger partial charge is 0.283 e. The van der Waals surface area contributed by atoms with Gasteiger partial charge in [-0.15, -0.1) is 5.10 Å². The topological polar surface area (TPSA) is 82.4 Å². The molecular formula is C31H31N3O4S. The molecule has 0 amide bonds. The molecule has 6 rings (SSSR count). The first-order valence-electron chi connectivity index (χ1n) is 13.0. The minimum atomic E-state index is -3.94. The minimum Gasteiger partial charge on any atom is -0.497 e. The Hall–Kier alpha value is -4.04. The Labute approximate surface area is 229 Å². The van der Waals surface area contributed by atoms with Crippen molar-refractivity contribution in [2.75, 3.05) is 19.5 Å². The average molecular weight is 542 g/mol. The summed E-state index contributed by atoms with van der Waals surface area (Å²) in [6, 6.07) is 23.1. The van der Waals surface area contributed by atoms with E-state index in [1.165, 1.54) is 4.09 Å². The molecule has 1 N–H and O–H groups in total. The van der Waals surface area contributed by atoms with Crippen LogP contribution in [0.3, 0.4) is 0 Å². The lowest BCUT2D eigenvalue weighted by atomic mass is 9.68. The van der Waals surface area contributed by atoms with Crippen LogP contribution >= 0.6 is 0 Å². The highest BCUT2D eigenvalue weighted by atomic mass is 32.2. The molecule has 1 aromatic heterocycles. The molecule has 4 aromatic rings. The van der Waals surface area contributed by atoms with E-state index in [0.29, 0.717) is 24.0 Å². The summed E-state index contributed by atoms with van der Waals surface area (Å²) in [5.41, 5.74) is 3.86. The van der Waals surface area contributed by atoms with Gasteiger partial charge >= 0.3 is 0 Å². The number of hydrogen-bond donors (Lipinski definition) is 1. The molecule has 0 bridgehead atoms. The van der Waals surface area contributed by atoms with Gasteiger partial charge in [-0.2, -0.15) is 12.5 Å². The third-order valence-corrected chi connectivity index (χ3v) is 9.27. The van der Waals surface area contributed by atoms with Gasteiger partial charge in [-0.25, -0.2) is 0 Å². The molecular weight excluding hydrogens is 510 g/mol. The highest BCUT2D eigenvalue weighted by Crippen LogP contribution is 2.45. The van der Waals surface area contributed by atoms with Crippen LogP contribution in [0.5, 0.6) is 11.5 Å². The normalized spacial score (nSPS) is 16.0. The number of anilines is 1. The summed E-state index contributed by atoms with van der Waals surface area (Å²) in [7, 11) is -0.650. The standard InChI is InChI=1S/C31H31N3O4S/c1-21-4-16-27(17-5-21)39(35,36)34-29-20-31(22-6-12-25(37-2)13-7-22,23-8-14-26(38-3)15-9-23)19-18-28(29)30(33-34)32-24-10-11-24/h4-9,12-19,24H,10-11,20H2,1-3H3,(H,32,33). The Kier molecular flexibility index (Phi) is 6.22. The number of nitrogens with one attached hydrogen (secondary N) is 1. The summed E-state index contributed by atoms with van der Waals surface area (Å²) in [6.45, 7) is 1.94. The summed E-state index contributed by atoms with van der Waals surface area (Å²) in [5.74, 6) is 2.12. The van der Waals surface area contributed by atoms with Gasteiger partial charge < -0.3 is 14.8 Å². The lowest BCUT2D eigenvalue weighted by Crippen LogP contribution is -2.32. The lowest BCUT2D eigenvalue weighted by molar-refractivity contribution is 0.414. The van der Waals surface area contributed by atoms with Gasteiger partial charge in [0.25, 0.3) is 10.0 Å². The molecule has 0 saturated heterocycles. The monoisotopic (exact) mass is 541 g/mol. The van der Waals surface area contributed by atoms with E-state index in [2.05, 4.69) is 16.5 Å². The summed E-state index contributed by atoms with van der Waals surface area (Å²) < 4.78 is 40.1. The Morgan fingerprint density at radius 2 is 1.44 bits per heavy atom. The first kappa shape index (κ1) is 25.2. The van der Waals surface area contributed by atoms with Crippen molar-refractivity contribution in [1.82, 2.24) is 9.19 Å². The van der Waals surface area contributed by atoms with Gasteiger partial charge in [-0.1, -0.05) is 54.1 Å². The molecule has 1 fully saturated rings. The number of aryl methyl sites for hydroxylation is 1. The SMILES string of the molecule is COc1ccc(C2(c3ccc(OC)cc3)C=Cc3c(NC4CC4)nn(S(=O)(=O)c4ccc(C)cc4)c3C2)cc1. The van der Waals surface area contributed by atoms with Crippen LogP contribution in [0.25, 0.3) is 6.08 Å². The molecule has 1 heterocycles. The number of methoxy groups -OCH3 is 2. The third kappa shape index (κ3) is 4.48. The predicted octanol–water partition coefficient (Wildman–Crippen LogP) is 5.58. The molecule has 0 radical (unpaired) electrons.